The van der Waals surface area contributed by atoms with Gasteiger partial charge in [0.2, 0.25) is 0 Å². The van der Waals surface area contributed by atoms with Crippen molar-refractivity contribution in [3.8, 4) is 0 Å². The lowest BCUT2D eigenvalue weighted by molar-refractivity contribution is 0.0587. The maximum atomic E-state index is 13.0. The van der Waals surface area contributed by atoms with Crippen LogP contribution in [0.25, 0.3) is 0 Å². The Hall–Kier alpha value is -1.06. The zero-order valence-corrected chi connectivity index (χ0v) is 14.8. The third kappa shape index (κ3) is 4.07. The van der Waals surface area contributed by atoms with E-state index >= 15 is 0 Å². The van der Waals surface area contributed by atoms with Crippen LogP contribution >= 0.6 is 11.6 Å². The average molecular weight is 335 g/mol. The average Bonchev–Trinajstić information content (AvgIpc) is 3.06. The maximum absolute atomic E-state index is 13.0. The summed E-state index contributed by atoms with van der Waals surface area (Å²) in [7, 11) is 0. The van der Waals surface area contributed by atoms with E-state index < -0.39 is 0 Å². The predicted octanol–water partition coefficient (Wildman–Crippen LogP) is 4.13. The van der Waals surface area contributed by atoms with E-state index in [0.717, 1.165) is 43.5 Å². The Morgan fingerprint density at radius 1 is 1.17 bits per heavy atom. The van der Waals surface area contributed by atoms with Crippen molar-refractivity contribution in [1.29, 1.82) is 0 Å². The summed E-state index contributed by atoms with van der Waals surface area (Å²) in [6.45, 7) is 6.47. The van der Waals surface area contributed by atoms with Crippen LogP contribution in [0.5, 0.6) is 0 Å². The number of benzene rings is 1. The summed E-state index contributed by atoms with van der Waals surface area (Å²) in [6, 6.07) is 5.99. The number of carbonyl (C=O) groups is 1. The molecule has 0 saturated carbocycles. The van der Waals surface area contributed by atoms with Gasteiger partial charge in [-0.2, -0.15) is 0 Å². The summed E-state index contributed by atoms with van der Waals surface area (Å²) >= 11 is 6.03. The summed E-state index contributed by atoms with van der Waals surface area (Å²) in [4.78, 5) is 17.7. The molecule has 2 aliphatic rings. The minimum Gasteiger partial charge on any atom is -0.336 e. The molecule has 126 valence electrons. The van der Waals surface area contributed by atoms with E-state index in [-0.39, 0.29) is 5.91 Å². The number of halogens is 1. The van der Waals surface area contributed by atoms with Gasteiger partial charge in [-0.05, 0) is 82.3 Å². The molecule has 2 saturated heterocycles. The first-order chi connectivity index (χ1) is 11.1. The van der Waals surface area contributed by atoms with Gasteiger partial charge in [-0.1, -0.05) is 11.6 Å². The van der Waals surface area contributed by atoms with Gasteiger partial charge in [-0.3, -0.25) is 4.79 Å². The molecular formula is C19H27ClN2O. The van der Waals surface area contributed by atoms with Crippen LogP contribution in [0.15, 0.2) is 18.2 Å². The Balaban J connectivity index is 1.68. The zero-order chi connectivity index (χ0) is 16.2. The molecule has 1 amide bonds. The molecule has 0 N–H and O–H groups in total. The van der Waals surface area contributed by atoms with E-state index in [1.165, 1.54) is 32.4 Å². The van der Waals surface area contributed by atoms with E-state index in [1.807, 2.05) is 25.1 Å². The fourth-order valence-electron chi connectivity index (χ4n) is 3.93. The van der Waals surface area contributed by atoms with Gasteiger partial charge in [0.1, 0.15) is 0 Å². The zero-order valence-electron chi connectivity index (χ0n) is 14.1. The maximum Gasteiger partial charge on any atom is 0.254 e. The highest BCUT2D eigenvalue weighted by Gasteiger charge is 2.28. The largest absolute Gasteiger partial charge is 0.336 e. The second kappa shape index (κ2) is 7.67. The molecule has 0 radical (unpaired) electrons. The summed E-state index contributed by atoms with van der Waals surface area (Å²) in [5.41, 5.74) is 1.79. The lowest BCUT2D eigenvalue weighted by atomic mass is 9.97. The van der Waals surface area contributed by atoms with Crippen molar-refractivity contribution < 1.29 is 4.79 Å². The van der Waals surface area contributed by atoms with E-state index in [9.17, 15) is 4.79 Å². The molecular weight excluding hydrogens is 308 g/mol. The number of piperidine rings is 1. The molecule has 0 aromatic heterocycles. The summed E-state index contributed by atoms with van der Waals surface area (Å²) in [6.07, 6.45) is 7.28. The van der Waals surface area contributed by atoms with E-state index in [0.29, 0.717) is 11.1 Å². The Morgan fingerprint density at radius 2 is 1.91 bits per heavy atom. The van der Waals surface area contributed by atoms with Gasteiger partial charge >= 0.3 is 0 Å². The van der Waals surface area contributed by atoms with Crippen LogP contribution in [-0.2, 0) is 0 Å². The number of hydrogen-bond donors (Lipinski definition) is 0. The SMILES string of the molecule is Cc1cc(Cl)ccc1C(=O)N1CCCC[C@@H]1CCN1CCCC1. The molecule has 1 atom stereocenters. The third-order valence-corrected chi connectivity index (χ3v) is 5.52. The molecule has 2 heterocycles. The molecule has 3 nitrogen and oxygen atoms in total. The lowest BCUT2D eigenvalue weighted by Crippen LogP contribution is -2.45. The van der Waals surface area contributed by atoms with Crippen LogP contribution in [0.1, 0.15) is 54.4 Å². The van der Waals surface area contributed by atoms with E-state index in [2.05, 4.69) is 9.80 Å². The number of likely N-dealkylation sites (tertiary alicyclic amines) is 2. The molecule has 0 aliphatic carbocycles. The topological polar surface area (TPSA) is 23.6 Å². The van der Waals surface area contributed by atoms with Gasteiger partial charge in [0.25, 0.3) is 5.91 Å². The minimum absolute atomic E-state index is 0.185. The van der Waals surface area contributed by atoms with Crippen LogP contribution in [0.4, 0.5) is 0 Å². The Morgan fingerprint density at radius 3 is 2.65 bits per heavy atom. The summed E-state index contributed by atoms with van der Waals surface area (Å²) in [5, 5.41) is 0.697. The van der Waals surface area contributed by atoms with E-state index in [4.69, 9.17) is 11.6 Å². The Bertz CT molecular complexity index is 554. The van der Waals surface area contributed by atoms with Crippen molar-refractivity contribution >= 4 is 17.5 Å². The van der Waals surface area contributed by atoms with Crippen molar-refractivity contribution in [2.24, 2.45) is 0 Å². The van der Waals surface area contributed by atoms with Gasteiger partial charge in [-0.15, -0.1) is 0 Å². The lowest BCUT2D eigenvalue weighted by Gasteiger charge is -2.37. The van der Waals surface area contributed by atoms with Crippen molar-refractivity contribution in [2.45, 2.75) is 51.5 Å². The molecule has 2 aliphatic heterocycles. The van der Waals surface area contributed by atoms with Crippen LogP contribution in [0.3, 0.4) is 0 Å². The molecule has 4 heteroatoms. The fraction of sp³-hybridized carbons (Fsp3) is 0.632. The highest BCUT2D eigenvalue weighted by atomic mass is 35.5. The Kier molecular flexibility index (Phi) is 5.60. The fourth-order valence-corrected chi connectivity index (χ4v) is 4.15. The number of rotatable bonds is 4. The van der Waals surface area contributed by atoms with Crippen LogP contribution in [0.2, 0.25) is 5.02 Å². The second-order valence-electron chi connectivity index (χ2n) is 6.94. The van der Waals surface area contributed by atoms with Crippen molar-refractivity contribution in [3.63, 3.8) is 0 Å². The monoisotopic (exact) mass is 334 g/mol. The normalized spacial score (nSPS) is 22.5. The van der Waals surface area contributed by atoms with Gasteiger partial charge < -0.3 is 9.80 Å². The molecule has 0 bridgehead atoms. The smallest absolute Gasteiger partial charge is 0.254 e. The van der Waals surface area contributed by atoms with Crippen molar-refractivity contribution in [3.05, 3.63) is 34.3 Å². The van der Waals surface area contributed by atoms with Gasteiger partial charge in [0.05, 0.1) is 0 Å². The molecule has 0 spiro atoms. The Labute approximate surface area is 144 Å². The van der Waals surface area contributed by atoms with Crippen molar-refractivity contribution in [1.82, 2.24) is 9.80 Å². The molecule has 1 aromatic carbocycles. The van der Waals surface area contributed by atoms with Crippen LogP contribution in [-0.4, -0.2) is 47.9 Å². The highest BCUT2D eigenvalue weighted by Crippen LogP contribution is 2.25. The van der Waals surface area contributed by atoms with Gasteiger partial charge in [-0.25, -0.2) is 0 Å². The quantitative estimate of drug-likeness (QED) is 0.826. The minimum atomic E-state index is 0.185. The van der Waals surface area contributed by atoms with Crippen molar-refractivity contribution in [2.75, 3.05) is 26.2 Å². The molecule has 3 rings (SSSR count). The van der Waals surface area contributed by atoms with E-state index in [1.54, 1.807) is 0 Å². The number of carbonyl (C=O) groups excluding carboxylic acids is 1. The van der Waals surface area contributed by atoms with Crippen LogP contribution in [0, 0.1) is 6.92 Å². The summed E-state index contributed by atoms with van der Waals surface area (Å²) < 4.78 is 0. The number of nitrogens with zero attached hydrogens (tertiary/aromatic N) is 2. The number of amides is 1. The molecule has 2 fully saturated rings. The standard InChI is InChI=1S/C19H27ClN2O/c1-15-14-16(20)7-8-18(15)19(23)22-12-3-2-6-17(22)9-13-21-10-4-5-11-21/h7-8,14,17H,2-6,9-13H2,1H3/t17-/m1/s1. The highest BCUT2D eigenvalue weighted by molar-refractivity contribution is 6.30. The number of aryl methyl sites for hydroxylation is 1. The molecule has 0 unspecified atom stereocenters. The molecule has 1 aromatic rings. The first-order valence-corrected chi connectivity index (χ1v) is 9.32. The van der Waals surface area contributed by atoms with Gasteiger partial charge in [0, 0.05) is 29.7 Å². The first kappa shape index (κ1) is 16.8. The summed E-state index contributed by atoms with van der Waals surface area (Å²) in [5.74, 6) is 0.185. The third-order valence-electron chi connectivity index (χ3n) is 5.28. The number of hydrogen-bond acceptors (Lipinski definition) is 2. The molecule has 23 heavy (non-hydrogen) atoms. The predicted molar refractivity (Wildman–Crippen MR) is 95.2 cm³/mol. The van der Waals surface area contributed by atoms with Crippen LogP contribution < -0.4 is 0 Å². The second-order valence-corrected chi connectivity index (χ2v) is 7.38. The van der Waals surface area contributed by atoms with Gasteiger partial charge in [0.15, 0.2) is 0 Å². The first-order valence-electron chi connectivity index (χ1n) is 8.94.